The molecule has 5 N–H and O–H groups in total. The maximum Gasteiger partial charge on any atom is 0.350 e. The molecule has 0 fully saturated rings. The predicted molar refractivity (Wildman–Crippen MR) is 120 cm³/mol. The van der Waals surface area contributed by atoms with Gasteiger partial charge in [-0.25, -0.2) is 19.2 Å². The molecule has 2 aromatic carbocycles. The van der Waals surface area contributed by atoms with Crippen LogP contribution >= 0.6 is 0 Å². The number of benzene rings is 2. The minimum Gasteiger partial charge on any atom is -0.396 e. The molecule has 0 saturated heterocycles. The SMILES string of the molecule is N=C(N)c1ccc(CC(c2nn(-c3ncccn3)c(=O)[nH]2)c2cc(CCO)ccc2F)cc1. The third kappa shape index (κ3) is 4.85. The Morgan fingerprint density at radius 3 is 2.52 bits per heavy atom. The Kier molecular flexibility index (Phi) is 6.36. The lowest BCUT2D eigenvalue weighted by Crippen LogP contribution is -2.18. The number of nitrogens with two attached hydrogens (primary N) is 1. The second-order valence-electron chi connectivity index (χ2n) is 7.47. The number of nitrogen functional groups attached to an aromatic ring is 1. The van der Waals surface area contributed by atoms with E-state index in [-0.39, 0.29) is 24.2 Å². The zero-order valence-electron chi connectivity index (χ0n) is 17.6. The minimum atomic E-state index is -0.635. The van der Waals surface area contributed by atoms with Crippen molar-refractivity contribution < 1.29 is 9.50 Å². The number of hydrogen-bond acceptors (Lipinski definition) is 6. The first-order valence-electron chi connectivity index (χ1n) is 10.3. The van der Waals surface area contributed by atoms with Gasteiger partial charge in [0, 0.05) is 24.6 Å². The molecule has 168 valence electrons. The molecule has 1 atom stereocenters. The number of aliphatic hydroxyl groups excluding tert-OH is 1. The van der Waals surface area contributed by atoms with Crippen molar-refractivity contribution in [3.05, 3.63) is 105 Å². The van der Waals surface area contributed by atoms with E-state index in [0.29, 0.717) is 24.0 Å². The van der Waals surface area contributed by atoms with Gasteiger partial charge in [0.2, 0.25) is 0 Å². The highest BCUT2D eigenvalue weighted by Crippen LogP contribution is 2.29. The van der Waals surface area contributed by atoms with Crippen LogP contribution in [-0.4, -0.2) is 42.3 Å². The predicted octanol–water partition coefficient (Wildman–Crippen LogP) is 1.68. The number of halogens is 1. The maximum absolute atomic E-state index is 15.0. The molecule has 0 aliphatic rings. The first-order chi connectivity index (χ1) is 16.0. The summed E-state index contributed by atoms with van der Waals surface area (Å²) in [6.45, 7) is -0.0704. The van der Waals surface area contributed by atoms with Crippen molar-refractivity contribution in [1.29, 1.82) is 5.41 Å². The van der Waals surface area contributed by atoms with Gasteiger partial charge in [0.05, 0.1) is 5.92 Å². The van der Waals surface area contributed by atoms with Gasteiger partial charge in [0.15, 0.2) is 0 Å². The van der Waals surface area contributed by atoms with Gasteiger partial charge in [0.1, 0.15) is 17.5 Å². The highest BCUT2D eigenvalue weighted by Gasteiger charge is 2.24. The summed E-state index contributed by atoms with van der Waals surface area (Å²) in [4.78, 5) is 23.4. The monoisotopic (exact) mass is 447 g/mol. The highest BCUT2D eigenvalue weighted by molar-refractivity contribution is 5.94. The molecule has 0 radical (unpaired) electrons. The Morgan fingerprint density at radius 2 is 1.85 bits per heavy atom. The van der Waals surface area contributed by atoms with Crippen molar-refractivity contribution in [2.24, 2.45) is 5.73 Å². The highest BCUT2D eigenvalue weighted by atomic mass is 19.1. The number of aliphatic hydroxyl groups is 1. The van der Waals surface area contributed by atoms with Gasteiger partial charge in [-0.15, -0.1) is 9.78 Å². The fourth-order valence-corrected chi connectivity index (χ4v) is 3.59. The molecule has 0 saturated carbocycles. The number of hydrogen-bond donors (Lipinski definition) is 4. The summed E-state index contributed by atoms with van der Waals surface area (Å²) >= 11 is 0. The number of nitrogens with one attached hydrogen (secondary N) is 2. The van der Waals surface area contributed by atoms with Crippen molar-refractivity contribution in [1.82, 2.24) is 24.7 Å². The van der Waals surface area contributed by atoms with E-state index in [9.17, 15) is 14.3 Å². The first-order valence-corrected chi connectivity index (χ1v) is 10.3. The molecule has 2 aromatic heterocycles. The number of aromatic amines is 1. The molecule has 0 bridgehead atoms. The van der Waals surface area contributed by atoms with Crippen LogP contribution in [0.15, 0.2) is 65.7 Å². The molecule has 4 rings (SSSR count). The number of amidine groups is 1. The van der Waals surface area contributed by atoms with E-state index in [2.05, 4.69) is 20.1 Å². The summed E-state index contributed by atoms with van der Waals surface area (Å²) in [6.07, 6.45) is 3.68. The van der Waals surface area contributed by atoms with E-state index in [4.69, 9.17) is 11.1 Å². The smallest absolute Gasteiger partial charge is 0.350 e. The summed E-state index contributed by atoms with van der Waals surface area (Å²) in [6, 6.07) is 13.3. The number of aromatic nitrogens is 5. The molecule has 0 aliphatic heterocycles. The summed E-state index contributed by atoms with van der Waals surface area (Å²) < 4.78 is 16.0. The zero-order chi connectivity index (χ0) is 23.4. The van der Waals surface area contributed by atoms with E-state index in [0.717, 1.165) is 15.8 Å². The van der Waals surface area contributed by atoms with Gasteiger partial charge < -0.3 is 10.8 Å². The zero-order valence-corrected chi connectivity index (χ0v) is 17.6. The van der Waals surface area contributed by atoms with Crippen molar-refractivity contribution in [3.8, 4) is 5.95 Å². The largest absolute Gasteiger partial charge is 0.396 e. The van der Waals surface area contributed by atoms with Crippen LogP contribution in [0.4, 0.5) is 4.39 Å². The molecule has 0 spiro atoms. The van der Waals surface area contributed by atoms with Crippen LogP contribution in [0.25, 0.3) is 5.95 Å². The fraction of sp³-hybridized carbons (Fsp3) is 0.174. The molecule has 1 unspecified atom stereocenters. The van der Waals surface area contributed by atoms with Crippen LogP contribution in [0, 0.1) is 11.2 Å². The lowest BCUT2D eigenvalue weighted by molar-refractivity contribution is 0.299. The Hall–Kier alpha value is -4.18. The normalized spacial score (nSPS) is 11.9. The van der Waals surface area contributed by atoms with E-state index in [1.807, 2.05) is 0 Å². The molecule has 0 amide bonds. The van der Waals surface area contributed by atoms with Gasteiger partial charge in [-0.2, -0.15) is 0 Å². The van der Waals surface area contributed by atoms with Gasteiger partial charge in [-0.3, -0.25) is 10.4 Å². The molecule has 0 aliphatic carbocycles. The van der Waals surface area contributed by atoms with Gasteiger partial charge in [-0.1, -0.05) is 36.4 Å². The fourth-order valence-electron chi connectivity index (χ4n) is 3.59. The van der Waals surface area contributed by atoms with Crippen molar-refractivity contribution in [2.45, 2.75) is 18.8 Å². The van der Waals surface area contributed by atoms with Crippen LogP contribution in [0.5, 0.6) is 0 Å². The van der Waals surface area contributed by atoms with Crippen molar-refractivity contribution >= 4 is 5.84 Å². The Labute approximate surface area is 188 Å². The van der Waals surface area contributed by atoms with E-state index in [1.165, 1.54) is 18.5 Å². The second-order valence-corrected chi connectivity index (χ2v) is 7.47. The van der Waals surface area contributed by atoms with Crippen molar-refractivity contribution in [3.63, 3.8) is 0 Å². The number of H-pyrrole nitrogens is 1. The van der Waals surface area contributed by atoms with Crippen LogP contribution in [0.1, 0.15) is 34.0 Å². The van der Waals surface area contributed by atoms with Crippen LogP contribution < -0.4 is 11.4 Å². The molecular weight excluding hydrogens is 425 g/mol. The number of nitrogens with zero attached hydrogens (tertiary/aromatic N) is 4. The standard InChI is InChI=1S/C23H22FN7O2/c24-19-7-4-15(8-11-32)12-17(19)18(13-14-2-5-16(6-3-14)20(25)26)21-29-23(33)31(30-21)22-27-9-1-10-28-22/h1-7,9-10,12,18,32H,8,11,13H2,(H3,25,26)(H,29,30,33). The minimum absolute atomic E-state index is 0.0493. The topological polar surface area (TPSA) is 147 Å². The quantitative estimate of drug-likeness (QED) is 0.239. The third-order valence-corrected chi connectivity index (χ3v) is 5.25. The Morgan fingerprint density at radius 1 is 1.15 bits per heavy atom. The summed E-state index contributed by atoms with van der Waals surface area (Å²) in [5, 5.41) is 21.2. The molecule has 2 heterocycles. The summed E-state index contributed by atoms with van der Waals surface area (Å²) in [5.74, 6) is -0.781. The van der Waals surface area contributed by atoms with E-state index >= 15 is 0 Å². The van der Waals surface area contributed by atoms with E-state index < -0.39 is 17.4 Å². The summed E-state index contributed by atoms with van der Waals surface area (Å²) in [5.41, 5.74) is 7.51. The van der Waals surface area contributed by atoms with Crippen LogP contribution in [-0.2, 0) is 12.8 Å². The van der Waals surface area contributed by atoms with Gasteiger partial charge in [-0.05, 0) is 41.7 Å². The van der Waals surface area contributed by atoms with E-state index in [1.54, 1.807) is 42.5 Å². The Balaban J connectivity index is 1.79. The lowest BCUT2D eigenvalue weighted by Gasteiger charge is -2.17. The lowest BCUT2D eigenvalue weighted by atomic mass is 9.89. The van der Waals surface area contributed by atoms with Gasteiger partial charge in [0.25, 0.3) is 5.95 Å². The number of rotatable bonds is 8. The van der Waals surface area contributed by atoms with Crippen LogP contribution in [0.2, 0.25) is 0 Å². The second kappa shape index (κ2) is 9.53. The summed E-state index contributed by atoms with van der Waals surface area (Å²) in [7, 11) is 0. The molecule has 33 heavy (non-hydrogen) atoms. The molecular formula is C23H22FN7O2. The average molecular weight is 447 g/mol. The molecule has 10 heteroatoms. The Bertz CT molecular complexity index is 1320. The van der Waals surface area contributed by atoms with Crippen molar-refractivity contribution in [2.75, 3.05) is 6.61 Å². The average Bonchev–Trinajstić information content (AvgIpc) is 3.21. The van der Waals surface area contributed by atoms with Gasteiger partial charge >= 0.3 is 5.69 Å². The first kappa shape index (κ1) is 22.0. The van der Waals surface area contributed by atoms with Crippen LogP contribution in [0.3, 0.4) is 0 Å². The molecule has 9 nitrogen and oxygen atoms in total. The maximum atomic E-state index is 15.0. The molecule has 4 aromatic rings. The third-order valence-electron chi connectivity index (χ3n) is 5.25.